The summed E-state index contributed by atoms with van der Waals surface area (Å²) in [5.41, 5.74) is 3.01. The number of benzene rings is 1. The van der Waals surface area contributed by atoms with E-state index < -0.39 is 10.0 Å². The average Bonchev–Trinajstić information content (AvgIpc) is 2.82. The molecule has 34 heavy (non-hydrogen) atoms. The molecular formula is C24H31N5O4S. The van der Waals surface area contributed by atoms with Gasteiger partial charge in [-0.1, -0.05) is 24.3 Å². The Kier molecular flexibility index (Phi) is 7.60. The lowest BCUT2D eigenvalue weighted by molar-refractivity contribution is -0.119. The summed E-state index contributed by atoms with van der Waals surface area (Å²) in [6.45, 7) is 2.79. The number of amides is 1. The van der Waals surface area contributed by atoms with Crippen molar-refractivity contribution < 1.29 is 18.0 Å². The van der Waals surface area contributed by atoms with Gasteiger partial charge in [-0.3, -0.25) is 14.5 Å². The molecule has 0 spiro atoms. The van der Waals surface area contributed by atoms with Crippen molar-refractivity contribution in [3.8, 4) is 0 Å². The van der Waals surface area contributed by atoms with E-state index in [1.807, 2.05) is 12.1 Å². The number of anilines is 1. The highest BCUT2D eigenvalue weighted by atomic mass is 32.2. The van der Waals surface area contributed by atoms with Crippen LogP contribution < -0.4 is 10.6 Å². The quantitative estimate of drug-likeness (QED) is 0.579. The average molecular weight is 486 g/mol. The summed E-state index contributed by atoms with van der Waals surface area (Å²) in [7, 11) is -3.17. The fourth-order valence-corrected chi connectivity index (χ4v) is 5.34. The molecule has 2 aliphatic heterocycles. The van der Waals surface area contributed by atoms with E-state index in [9.17, 15) is 18.0 Å². The van der Waals surface area contributed by atoms with Crippen LogP contribution in [0.4, 0.5) is 5.82 Å². The zero-order valence-electron chi connectivity index (χ0n) is 19.4. The minimum atomic E-state index is -3.17. The molecule has 0 saturated carbocycles. The van der Waals surface area contributed by atoms with Crippen LogP contribution in [0.15, 0.2) is 42.6 Å². The Bertz CT molecular complexity index is 1150. The summed E-state index contributed by atoms with van der Waals surface area (Å²) in [5.74, 6) is 0.205. The molecule has 3 heterocycles. The number of hydrogen-bond donors (Lipinski definition) is 2. The maximum atomic E-state index is 12.6. The lowest BCUT2D eigenvalue weighted by Crippen LogP contribution is -2.42. The Morgan fingerprint density at radius 1 is 1.09 bits per heavy atom. The molecule has 182 valence electrons. The second-order valence-electron chi connectivity index (χ2n) is 8.96. The van der Waals surface area contributed by atoms with Gasteiger partial charge in [0.05, 0.1) is 19.3 Å². The number of nitrogens with zero attached hydrogens (tertiary/aromatic N) is 3. The Labute approximate surface area is 200 Å². The molecular weight excluding hydrogens is 454 g/mol. The maximum absolute atomic E-state index is 12.6. The molecule has 2 N–H and O–H groups in total. The Balaban J connectivity index is 1.24. The zero-order chi connectivity index (χ0) is 24.1. The molecule has 1 aromatic heterocycles. The Hall–Kier alpha value is -2.82. The first-order valence-corrected chi connectivity index (χ1v) is 13.4. The number of fused-ring (bicyclic) bond motifs is 1. The smallest absolute Gasteiger partial charge is 0.251 e. The number of carbonyl (C=O) groups is 2. The SMILES string of the molecule is CS(=O)(=O)N1CCC(Nc2cc(C(=O)NCC(=O)CN3CCc4ccccc4C3)ccn2)CC1. The number of piperidine rings is 1. The number of aromatic nitrogens is 1. The normalized spacial score (nSPS) is 17.7. The summed E-state index contributed by atoms with van der Waals surface area (Å²) in [4.78, 5) is 31.4. The van der Waals surface area contributed by atoms with Crippen molar-refractivity contribution in [1.82, 2.24) is 19.5 Å². The zero-order valence-corrected chi connectivity index (χ0v) is 20.2. The van der Waals surface area contributed by atoms with Gasteiger partial charge in [0.25, 0.3) is 5.91 Å². The number of sulfonamides is 1. The standard InChI is InChI=1S/C24H31N5O4S/c1-34(32,33)29-12-8-21(9-13-29)27-23-14-19(6-10-25-23)24(31)26-15-22(30)17-28-11-7-18-4-2-3-5-20(18)16-28/h2-6,10,14,21H,7-9,11-13,15-17H2,1H3,(H,25,27)(H,26,31). The predicted molar refractivity (Wildman–Crippen MR) is 130 cm³/mol. The van der Waals surface area contributed by atoms with E-state index in [0.29, 0.717) is 43.9 Å². The summed E-state index contributed by atoms with van der Waals surface area (Å²) in [6.07, 6.45) is 5.04. The van der Waals surface area contributed by atoms with Crippen LogP contribution >= 0.6 is 0 Å². The van der Waals surface area contributed by atoms with Crippen LogP contribution in [0.1, 0.15) is 34.3 Å². The maximum Gasteiger partial charge on any atom is 0.251 e. The number of nitrogens with one attached hydrogen (secondary N) is 2. The highest BCUT2D eigenvalue weighted by Gasteiger charge is 2.25. The molecule has 9 nitrogen and oxygen atoms in total. The molecule has 2 aromatic rings. The first kappa shape index (κ1) is 24.3. The third-order valence-electron chi connectivity index (χ3n) is 6.35. The minimum Gasteiger partial charge on any atom is -0.367 e. The molecule has 1 fully saturated rings. The molecule has 1 amide bonds. The van der Waals surface area contributed by atoms with Crippen molar-refractivity contribution in [1.29, 1.82) is 0 Å². The van der Waals surface area contributed by atoms with Gasteiger partial charge in [-0.15, -0.1) is 0 Å². The summed E-state index contributed by atoms with van der Waals surface area (Å²) in [6, 6.07) is 11.6. The van der Waals surface area contributed by atoms with Gasteiger partial charge in [-0.2, -0.15) is 0 Å². The second kappa shape index (κ2) is 10.6. The molecule has 1 aromatic carbocycles. The summed E-state index contributed by atoms with van der Waals surface area (Å²) >= 11 is 0. The number of pyridine rings is 1. The third kappa shape index (κ3) is 6.40. The van der Waals surface area contributed by atoms with E-state index in [1.165, 1.54) is 21.7 Å². The second-order valence-corrected chi connectivity index (χ2v) is 10.9. The van der Waals surface area contributed by atoms with Crippen LogP contribution in [-0.4, -0.2) is 79.3 Å². The van der Waals surface area contributed by atoms with Gasteiger partial charge >= 0.3 is 0 Å². The van der Waals surface area contributed by atoms with E-state index in [4.69, 9.17) is 0 Å². The van der Waals surface area contributed by atoms with Gasteiger partial charge in [-0.05, 0) is 42.5 Å². The van der Waals surface area contributed by atoms with Crippen LogP contribution in [0.3, 0.4) is 0 Å². The first-order valence-electron chi connectivity index (χ1n) is 11.5. The molecule has 1 saturated heterocycles. The minimum absolute atomic E-state index is 0.0218. The highest BCUT2D eigenvalue weighted by molar-refractivity contribution is 7.88. The Morgan fingerprint density at radius 2 is 1.82 bits per heavy atom. The number of carbonyl (C=O) groups excluding carboxylic acids is 2. The molecule has 4 rings (SSSR count). The molecule has 0 unspecified atom stereocenters. The van der Waals surface area contributed by atoms with Crippen LogP contribution in [-0.2, 0) is 27.8 Å². The van der Waals surface area contributed by atoms with Crippen LogP contribution in [0.25, 0.3) is 0 Å². The van der Waals surface area contributed by atoms with E-state index in [2.05, 4.69) is 32.7 Å². The fourth-order valence-electron chi connectivity index (χ4n) is 4.47. The van der Waals surface area contributed by atoms with Crippen LogP contribution in [0.2, 0.25) is 0 Å². The van der Waals surface area contributed by atoms with Crippen molar-refractivity contribution >= 4 is 27.5 Å². The lowest BCUT2D eigenvalue weighted by Gasteiger charge is -2.30. The molecule has 2 aliphatic rings. The largest absolute Gasteiger partial charge is 0.367 e. The topological polar surface area (TPSA) is 112 Å². The predicted octanol–water partition coefficient (Wildman–Crippen LogP) is 1.27. The number of rotatable bonds is 8. The molecule has 0 atom stereocenters. The Morgan fingerprint density at radius 3 is 2.56 bits per heavy atom. The summed E-state index contributed by atoms with van der Waals surface area (Å²) in [5, 5.41) is 6.01. The molecule has 0 aliphatic carbocycles. The van der Waals surface area contributed by atoms with E-state index in [-0.39, 0.29) is 24.3 Å². The van der Waals surface area contributed by atoms with E-state index >= 15 is 0 Å². The number of hydrogen-bond acceptors (Lipinski definition) is 7. The molecule has 10 heteroatoms. The number of Topliss-reactive ketones (excluding diaryl/α,β-unsaturated/α-hetero) is 1. The van der Waals surface area contributed by atoms with Gasteiger partial charge in [0.1, 0.15) is 5.82 Å². The molecule has 0 bridgehead atoms. The van der Waals surface area contributed by atoms with Gasteiger partial charge in [0, 0.05) is 44.0 Å². The lowest BCUT2D eigenvalue weighted by atomic mass is 10.00. The van der Waals surface area contributed by atoms with Gasteiger partial charge < -0.3 is 10.6 Å². The van der Waals surface area contributed by atoms with Crippen molar-refractivity contribution in [2.75, 3.05) is 44.3 Å². The summed E-state index contributed by atoms with van der Waals surface area (Å²) < 4.78 is 24.8. The van der Waals surface area contributed by atoms with Crippen molar-refractivity contribution in [2.45, 2.75) is 31.8 Å². The number of ketones is 1. The fraction of sp³-hybridized carbons (Fsp3) is 0.458. The van der Waals surface area contributed by atoms with E-state index in [0.717, 1.165) is 19.5 Å². The third-order valence-corrected chi connectivity index (χ3v) is 7.66. The first-order chi connectivity index (χ1) is 16.3. The highest BCUT2D eigenvalue weighted by Crippen LogP contribution is 2.19. The van der Waals surface area contributed by atoms with Gasteiger partial charge in [0.15, 0.2) is 5.78 Å². The van der Waals surface area contributed by atoms with Crippen molar-refractivity contribution in [2.24, 2.45) is 0 Å². The van der Waals surface area contributed by atoms with Gasteiger partial charge in [-0.25, -0.2) is 17.7 Å². The van der Waals surface area contributed by atoms with Crippen molar-refractivity contribution in [3.63, 3.8) is 0 Å². The molecule has 0 radical (unpaired) electrons. The van der Waals surface area contributed by atoms with Crippen LogP contribution in [0, 0.1) is 0 Å². The van der Waals surface area contributed by atoms with Crippen molar-refractivity contribution in [3.05, 3.63) is 59.3 Å². The van der Waals surface area contributed by atoms with Crippen LogP contribution in [0.5, 0.6) is 0 Å². The van der Waals surface area contributed by atoms with Gasteiger partial charge in [0.2, 0.25) is 10.0 Å². The monoisotopic (exact) mass is 485 g/mol. The van der Waals surface area contributed by atoms with E-state index in [1.54, 1.807) is 18.3 Å².